The van der Waals surface area contributed by atoms with Gasteiger partial charge in [-0.15, -0.1) is 0 Å². The van der Waals surface area contributed by atoms with Crippen molar-refractivity contribution in [3.63, 3.8) is 0 Å². The summed E-state index contributed by atoms with van der Waals surface area (Å²) in [6.45, 7) is 3.48. The fourth-order valence-electron chi connectivity index (χ4n) is 2.97. The van der Waals surface area contributed by atoms with Crippen LogP contribution in [0.2, 0.25) is 4.34 Å². The van der Waals surface area contributed by atoms with Crippen LogP contribution in [0.4, 0.5) is 10.1 Å². The first-order valence-electron chi connectivity index (χ1n) is 8.46. The molecule has 3 heterocycles. The summed E-state index contributed by atoms with van der Waals surface area (Å²) in [6, 6.07) is 4.92. The summed E-state index contributed by atoms with van der Waals surface area (Å²) in [5, 5.41) is 8.75. The Balaban J connectivity index is 1.47. The molecule has 2 aromatic heterocycles. The van der Waals surface area contributed by atoms with Gasteiger partial charge >= 0.3 is 126 Å². The van der Waals surface area contributed by atoms with Crippen molar-refractivity contribution < 1.29 is 9.18 Å². The van der Waals surface area contributed by atoms with Crippen molar-refractivity contribution in [3.05, 3.63) is 51.5 Å². The second kappa shape index (κ2) is 7.95. The first kappa shape index (κ1) is 19.6. The average molecular weight is 610 g/mol. The van der Waals surface area contributed by atoms with Crippen LogP contribution in [-0.2, 0) is 6.54 Å². The third kappa shape index (κ3) is 3.87. The van der Waals surface area contributed by atoms with Crippen LogP contribution in [0.15, 0.2) is 29.5 Å². The van der Waals surface area contributed by atoms with E-state index in [-0.39, 0.29) is 18.3 Å². The molecular weight excluding hydrogens is 595 g/mol. The molecule has 3 aromatic rings. The van der Waals surface area contributed by atoms with Crippen LogP contribution in [-0.4, -0.2) is 63.5 Å². The molecule has 0 bridgehead atoms. The second-order valence-electron chi connectivity index (χ2n) is 6.29. The Labute approximate surface area is 185 Å². The minimum absolute atomic E-state index is 0.208. The molecule has 0 saturated carbocycles. The van der Waals surface area contributed by atoms with Crippen LogP contribution in [0.25, 0.3) is 4.96 Å². The second-order valence-corrected chi connectivity index (χ2v) is 10.5. The number of rotatable bonds is 4. The van der Waals surface area contributed by atoms with E-state index in [4.69, 9.17) is 11.6 Å². The maximum atomic E-state index is 14.5. The molecule has 7 nitrogen and oxygen atoms in total. The third-order valence-corrected chi connectivity index (χ3v) is 6.96. The van der Waals surface area contributed by atoms with Crippen LogP contribution in [0.1, 0.15) is 21.7 Å². The van der Waals surface area contributed by atoms with Gasteiger partial charge < -0.3 is 0 Å². The zero-order chi connectivity index (χ0) is 19.8. The van der Waals surface area contributed by atoms with Gasteiger partial charge in [0, 0.05) is 6.20 Å². The van der Waals surface area contributed by atoms with Crippen LogP contribution in [0.5, 0.6) is 0 Å². The van der Waals surface area contributed by atoms with Gasteiger partial charge in [0.05, 0.1) is 5.69 Å². The summed E-state index contributed by atoms with van der Waals surface area (Å²) in [7, 11) is 0. The molecule has 0 saturated heterocycles. The Morgan fingerprint density at radius 2 is 2.25 bits per heavy atom. The Hall–Kier alpha value is -1.73. The molecule has 1 aliphatic heterocycles. The number of halogens is 2. The van der Waals surface area contributed by atoms with E-state index in [1.165, 1.54) is 17.4 Å². The van der Waals surface area contributed by atoms with Crippen molar-refractivity contribution in [3.8, 4) is 0 Å². The van der Waals surface area contributed by atoms with Crippen molar-refractivity contribution in [1.82, 2.24) is 17.4 Å². The molecular formula is C17H15ClFN6OSTl. The fraction of sp³-hybridized carbons (Fsp3) is 0.235. The van der Waals surface area contributed by atoms with E-state index in [1.54, 1.807) is 41.0 Å². The molecule has 0 aliphatic carbocycles. The van der Waals surface area contributed by atoms with Crippen molar-refractivity contribution in [2.24, 2.45) is 5.10 Å². The van der Waals surface area contributed by atoms with Gasteiger partial charge in [0.25, 0.3) is 0 Å². The number of hydrazone groups is 1. The summed E-state index contributed by atoms with van der Waals surface area (Å²) in [4.78, 5) is 17.6. The summed E-state index contributed by atoms with van der Waals surface area (Å²) < 4.78 is 18.9. The standard InChI is InChI=1S/C17H16ClFN6OS.Tl/c1-10-15(24-8-14(18)27-17(24)23-10)16(26)21-7-11-2-3-13(12(19)6-11)25-5-4-20-9-22-25;/h2-3,6,8-9H,4-5,7H2,1H3,(H2,20,21,22,26);/q;+1/p-1. The monoisotopic (exact) mass is 610 g/mol. The van der Waals surface area contributed by atoms with E-state index >= 15 is 0 Å². The zero-order valence-electron chi connectivity index (χ0n) is 14.9. The molecule has 1 aromatic carbocycles. The molecule has 0 radical (unpaired) electrons. The van der Waals surface area contributed by atoms with E-state index < -0.39 is 0 Å². The van der Waals surface area contributed by atoms with Crippen LogP contribution in [0, 0.1) is 12.7 Å². The first-order valence-corrected chi connectivity index (χ1v) is 11.7. The fourth-order valence-corrected chi connectivity index (χ4v) is 4.72. The molecule has 1 N–H and O–H groups in total. The van der Waals surface area contributed by atoms with Crippen LogP contribution < -0.4 is 10.3 Å². The van der Waals surface area contributed by atoms with Gasteiger partial charge in [-0.25, -0.2) is 4.98 Å². The predicted molar refractivity (Wildman–Crippen MR) is 109 cm³/mol. The first-order chi connectivity index (χ1) is 13.4. The number of aryl methyl sites for hydroxylation is 1. The molecule has 4 rings (SSSR count). The van der Waals surface area contributed by atoms with E-state index in [1.807, 2.05) is 0 Å². The van der Waals surface area contributed by atoms with Crippen LogP contribution in [0.3, 0.4) is 0 Å². The number of imidazole rings is 1. The van der Waals surface area contributed by atoms with Gasteiger partial charge in [0.1, 0.15) is 4.34 Å². The van der Waals surface area contributed by atoms with E-state index in [2.05, 4.69) is 18.1 Å². The number of carbonyl (C=O) groups is 1. The number of thiazole rings is 1. The molecule has 0 atom stereocenters. The number of anilines is 1. The van der Waals surface area contributed by atoms with Gasteiger partial charge in [-0.1, -0.05) is 22.9 Å². The molecule has 0 spiro atoms. The van der Waals surface area contributed by atoms with Gasteiger partial charge in [-0.2, -0.15) is 0 Å². The number of amides is 1. The van der Waals surface area contributed by atoms with Crippen molar-refractivity contribution >= 4 is 71.9 Å². The van der Waals surface area contributed by atoms with Crippen molar-refractivity contribution in [1.29, 1.82) is 0 Å². The van der Waals surface area contributed by atoms with E-state index in [0.717, 1.165) is 6.54 Å². The Morgan fingerprint density at radius 3 is 2.96 bits per heavy atom. The summed E-state index contributed by atoms with van der Waals surface area (Å²) in [6.07, 6.45) is 3.41. The molecule has 0 fully saturated rings. The van der Waals surface area contributed by atoms with Crippen molar-refractivity contribution in [2.75, 3.05) is 18.1 Å². The van der Waals surface area contributed by atoms with E-state index in [9.17, 15) is 9.18 Å². The number of carbonyl (C=O) groups excluding carboxylic acids is 1. The molecule has 28 heavy (non-hydrogen) atoms. The van der Waals surface area contributed by atoms with Crippen LogP contribution >= 0.6 is 22.9 Å². The van der Waals surface area contributed by atoms with E-state index in [0.29, 0.717) is 64.5 Å². The number of fused-ring (bicyclic) bond motifs is 1. The van der Waals surface area contributed by atoms with Gasteiger partial charge in [-0.05, 0) is 6.92 Å². The van der Waals surface area contributed by atoms with Crippen molar-refractivity contribution in [2.45, 2.75) is 13.5 Å². The Morgan fingerprint density at radius 1 is 1.43 bits per heavy atom. The zero-order valence-corrected chi connectivity index (χ0v) is 21.0. The Bertz CT molecular complexity index is 1080. The number of hydrogen-bond acceptors (Lipinski definition) is 6. The quantitative estimate of drug-likeness (QED) is 0.462. The number of nitrogens with one attached hydrogen (secondary N) is 1. The van der Waals surface area contributed by atoms with Gasteiger partial charge in [-0.3, -0.25) is 4.40 Å². The molecule has 1 aliphatic rings. The maximum absolute atomic E-state index is 14.5. The molecule has 11 heteroatoms. The van der Waals surface area contributed by atoms with Gasteiger partial charge in [0.2, 0.25) is 0 Å². The average Bonchev–Trinajstić information content (AvgIpc) is 3.15. The summed E-state index contributed by atoms with van der Waals surface area (Å²) >= 11 is 8.00. The number of nitrogens with zero attached hydrogens (tertiary/aromatic N) is 5. The SMILES string of the molecule is Cc1nc2sc(Cl)cn2c1C(=O)NCc1ccc(N2CC[N]([Tl])C=N2)c(F)c1. The topological polar surface area (TPSA) is 65.2 Å². The molecule has 142 valence electrons. The molecule has 1 amide bonds. The van der Waals surface area contributed by atoms with Gasteiger partial charge in [0.15, 0.2) is 4.96 Å². The minimum atomic E-state index is -0.360. The number of aromatic nitrogens is 2. The normalized spacial score (nSPS) is 14.1. The predicted octanol–water partition coefficient (Wildman–Crippen LogP) is 2.58. The Kier molecular flexibility index (Phi) is 5.56. The summed E-state index contributed by atoms with van der Waals surface area (Å²) in [5.41, 5.74) is 2.17. The number of hydrogen-bond donors (Lipinski definition) is 1. The number of benzene rings is 1. The summed E-state index contributed by atoms with van der Waals surface area (Å²) in [5.74, 6) is -0.640. The molecule has 0 unspecified atom stereocenters. The third-order valence-electron chi connectivity index (χ3n) is 4.34.